The van der Waals surface area contributed by atoms with Crippen molar-refractivity contribution in [2.24, 2.45) is 5.73 Å². The molecule has 0 bridgehead atoms. The predicted molar refractivity (Wildman–Crippen MR) is 113 cm³/mol. The Morgan fingerprint density at radius 1 is 1.32 bits per heavy atom. The van der Waals surface area contributed by atoms with Crippen molar-refractivity contribution in [1.29, 1.82) is 0 Å². The number of hydrogen-bond donors (Lipinski definition) is 3. The maximum atomic E-state index is 13.2. The fourth-order valence-corrected chi connectivity index (χ4v) is 3.69. The molecule has 7 heteroatoms. The molecule has 2 heterocycles. The van der Waals surface area contributed by atoms with Crippen molar-refractivity contribution >= 4 is 27.4 Å². The van der Waals surface area contributed by atoms with E-state index in [4.69, 9.17) is 5.73 Å². The van der Waals surface area contributed by atoms with Crippen LogP contribution in [0.1, 0.15) is 43.3 Å². The second-order valence-corrected chi connectivity index (χ2v) is 7.39. The zero-order chi connectivity index (χ0) is 20.3. The van der Waals surface area contributed by atoms with Gasteiger partial charge in [-0.2, -0.15) is 0 Å². The minimum absolute atomic E-state index is 0.258. The quantitative estimate of drug-likeness (QED) is 0.520. The second-order valence-electron chi connectivity index (χ2n) is 6.51. The number of rotatable bonds is 6. The van der Waals surface area contributed by atoms with E-state index in [0.29, 0.717) is 11.4 Å². The molecule has 1 unspecified atom stereocenters. The maximum absolute atomic E-state index is 13.2. The second kappa shape index (κ2) is 8.50. The molecule has 3 rings (SSSR count). The molecule has 1 atom stereocenters. The lowest BCUT2D eigenvalue weighted by molar-refractivity contribution is 0.210. The number of nitrogens with zero attached hydrogens (tertiary/aromatic N) is 2. The van der Waals surface area contributed by atoms with Crippen LogP contribution in [0.5, 0.6) is 0 Å². The average Bonchev–Trinajstić information content (AvgIpc) is 3.08. The molecular formula is C21H23FN4OS. The van der Waals surface area contributed by atoms with Crippen LogP contribution in [-0.2, 0) is 0 Å². The number of hydrogen-bond acceptors (Lipinski definition) is 6. The van der Waals surface area contributed by atoms with Gasteiger partial charge >= 0.3 is 0 Å². The first-order valence-electron chi connectivity index (χ1n) is 8.98. The van der Waals surface area contributed by atoms with Crippen LogP contribution < -0.4 is 11.1 Å². The summed E-state index contributed by atoms with van der Waals surface area (Å²) in [6.45, 7) is 6.06. The van der Waals surface area contributed by atoms with E-state index in [1.54, 1.807) is 17.4 Å². The summed E-state index contributed by atoms with van der Waals surface area (Å²) in [4.78, 5) is 9.16. The number of aliphatic hydroxyl groups is 1. The molecule has 1 aromatic carbocycles. The van der Waals surface area contributed by atoms with E-state index in [1.807, 2.05) is 19.2 Å². The van der Waals surface area contributed by atoms with Crippen LogP contribution in [-0.4, -0.2) is 15.1 Å². The lowest BCUT2D eigenvalue weighted by Gasteiger charge is -2.15. The van der Waals surface area contributed by atoms with Crippen molar-refractivity contribution in [2.75, 3.05) is 5.32 Å². The van der Waals surface area contributed by atoms with Crippen LogP contribution in [0.25, 0.3) is 10.2 Å². The van der Waals surface area contributed by atoms with Gasteiger partial charge in [-0.1, -0.05) is 19.1 Å². The van der Waals surface area contributed by atoms with Crippen LogP contribution in [0.3, 0.4) is 0 Å². The van der Waals surface area contributed by atoms with Gasteiger partial charge in [0, 0.05) is 5.70 Å². The molecule has 0 aliphatic rings. The van der Waals surface area contributed by atoms with Crippen molar-refractivity contribution in [3.05, 3.63) is 76.0 Å². The van der Waals surface area contributed by atoms with Crippen LogP contribution in [0.2, 0.25) is 0 Å². The molecular weight excluding hydrogens is 375 g/mol. The van der Waals surface area contributed by atoms with Gasteiger partial charge in [0.05, 0.1) is 10.2 Å². The van der Waals surface area contributed by atoms with Gasteiger partial charge in [0.15, 0.2) is 11.6 Å². The fourth-order valence-electron chi connectivity index (χ4n) is 2.76. The molecule has 0 amide bonds. The number of benzene rings is 1. The molecule has 0 radical (unpaired) electrons. The van der Waals surface area contributed by atoms with E-state index < -0.39 is 6.10 Å². The van der Waals surface area contributed by atoms with Crippen LogP contribution in [0.4, 0.5) is 10.2 Å². The lowest BCUT2D eigenvalue weighted by Crippen LogP contribution is -2.10. The van der Waals surface area contributed by atoms with Crippen LogP contribution in [0, 0.1) is 12.7 Å². The molecule has 5 nitrogen and oxygen atoms in total. The van der Waals surface area contributed by atoms with Gasteiger partial charge in [-0.15, -0.1) is 11.3 Å². The Kier molecular flexibility index (Phi) is 6.06. The van der Waals surface area contributed by atoms with Gasteiger partial charge < -0.3 is 16.2 Å². The van der Waals surface area contributed by atoms with E-state index >= 15 is 0 Å². The van der Waals surface area contributed by atoms with Gasteiger partial charge in [-0.05, 0) is 66.8 Å². The number of halogens is 1. The van der Waals surface area contributed by atoms with E-state index in [2.05, 4.69) is 22.2 Å². The van der Waals surface area contributed by atoms with Crippen molar-refractivity contribution in [2.45, 2.75) is 33.3 Å². The highest BCUT2D eigenvalue weighted by Crippen LogP contribution is 2.33. The third kappa shape index (κ3) is 4.05. The van der Waals surface area contributed by atoms with Gasteiger partial charge in [-0.25, -0.2) is 14.4 Å². The molecule has 0 saturated carbocycles. The Morgan fingerprint density at radius 3 is 2.68 bits per heavy atom. The SMILES string of the molecule is CC/C(C)=C(/C=C\N)Nc1nc(C(O)c2ccc(F)cc2)nc2c(C)csc12. The van der Waals surface area contributed by atoms with Crippen LogP contribution >= 0.6 is 11.3 Å². The van der Waals surface area contributed by atoms with Gasteiger partial charge in [-0.3, -0.25) is 0 Å². The Labute approximate surface area is 167 Å². The zero-order valence-corrected chi connectivity index (χ0v) is 16.8. The van der Waals surface area contributed by atoms with Gasteiger partial charge in [0.25, 0.3) is 0 Å². The highest BCUT2D eigenvalue weighted by atomic mass is 32.1. The minimum atomic E-state index is -1.06. The van der Waals surface area contributed by atoms with E-state index in [0.717, 1.165) is 33.5 Å². The smallest absolute Gasteiger partial charge is 0.164 e. The molecule has 2 aromatic heterocycles. The molecule has 0 aliphatic carbocycles. The summed E-state index contributed by atoms with van der Waals surface area (Å²) in [5.41, 5.74) is 9.91. The van der Waals surface area contributed by atoms with E-state index in [-0.39, 0.29) is 11.6 Å². The van der Waals surface area contributed by atoms with Crippen molar-refractivity contribution < 1.29 is 9.50 Å². The van der Waals surface area contributed by atoms with Crippen molar-refractivity contribution in [1.82, 2.24) is 9.97 Å². The van der Waals surface area contributed by atoms with E-state index in [9.17, 15) is 9.50 Å². The Hall–Kier alpha value is -2.77. The van der Waals surface area contributed by atoms with Crippen molar-refractivity contribution in [3.63, 3.8) is 0 Å². The highest BCUT2D eigenvalue weighted by Gasteiger charge is 2.19. The minimum Gasteiger partial charge on any atom is -0.405 e. The number of anilines is 1. The number of fused-ring (bicyclic) bond motifs is 1. The molecule has 0 saturated heterocycles. The number of allylic oxidation sites excluding steroid dienone is 2. The summed E-state index contributed by atoms with van der Waals surface area (Å²) >= 11 is 1.54. The third-order valence-corrected chi connectivity index (χ3v) is 5.64. The number of aromatic nitrogens is 2. The largest absolute Gasteiger partial charge is 0.405 e. The monoisotopic (exact) mass is 398 g/mol. The molecule has 0 spiro atoms. The predicted octanol–water partition coefficient (Wildman–Crippen LogP) is 4.79. The number of nitrogens with one attached hydrogen (secondary N) is 1. The molecule has 146 valence electrons. The Bertz CT molecular complexity index is 1040. The normalized spacial score (nSPS) is 13.8. The molecule has 4 N–H and O–H groups in total. The van der Waals surface area contributed by atoms with Gasteiger partial charge in [0.1, 0.15) is 11.9 Å². The number of aliphatic hydroxyl groups excluding tert-OH is 1. The molecule has 28 heavy (non-hydrogen) atoms. The number of nitrogens with two attached hydrogens (primary N) is 1. The molecule has 0 fully saturated rings. The molecule has 3 aromatic rings. The maximum Gasteiger partial charge on any atom is 0.164 e. The third-order valence-electron chi connectivity index (χ3n) is 4.55. The summed E-state index contributed by atoms with van der Waals surface area (Å²) < 4.78 is 14.1. The van der Waals surface area contributed by atoms with Crippen LogP contribution in [0.15, 0.2) is 53.2 Å². The summed E-state index contributed by atoms with van der Waals surface area (Å²) in [6.07, 6.45) is 3.07. The van der Waals surface area contributed by atoms with E-state index in [1.165, 1.54) is 30.5 Å². The summed E-state index contributed by atoms with van der Waals surface area (Å²) in [7, 11) is 0. The first-order valence-corrected chi connectivity index (χ1v) is 9.86. The number of aryl methyl sites for hydroxylation is 1. The standard InChI is InChI=1S/C21H23FN4OS/c1-4-12(2)16(9-10-23)24-21-19-17(13(3)11-28-19)25-20(26-21)18(27)14-5-7-15(22)8-6-14/h5-11,18,27H,4,23H2,1-3H3,(H,24,25,26)/b10-9-,16-12-. The average molecular weight is 399 g/mol. The lowest BCUT2D eigenvalue weighted by atomic mass is 10.1. The van der Waals surface area contributed by atoms with Crippen molar-refractivity contribution in [3.8, 4) is 0 Å². The first-order chi connectivity index (χ1) is 13.4. The molecule has 0 aliphatic heterocycles. The summed E-state index contributed by atoms with van der Waals surface area (Å²) in [5.74, 6) is 0.509. The summed E-state index contributed by atoms with van der Waals surface area (Å²) in [5, 5.41) is 16.1. The zero-order valence-electron chi connectivity index (χ0n) is 16.0. The fraction of sp³-hybridized carbons (Fsp3) is 0.238. The number of thiophene rings is 1. The Balaban J connectivity index is 2.11. The highest BCUT2D eigenvalue weighted by molar-refractivity contribution is 7.18. The summed E-state index contributed by atoms with van der Waals surface area (Å²) in [6, 6.07) is 5.68. The topological polar surface area (TPSA) is 84.1 Å². The van der Waals surface area contributed by atoms with Gasteiger partial charge in [0.2, 0.25) is 0 Å². The first kappa shape index (κ1) is 20.0. The Morgan fingerprint density at radius 2 is 2.04 bits per heavy atom.